The van der Waals surface area contributed by atoms with Crippen molar-refractivity contribution in [1.82, 2.24) is 0 Å². The highest BCUT2D eigenvalue weighted by molar-refractivity contribution is 9.09. The molecule has 3 rings (SSSR count). The lowest BCUT2D eigenvalue weighted by Gasteiger charge is -2.06. The van der Waals surface area contributed by atoms with E-state index in [1.807, 2.05) is 0 Å². The predicted octanol–water partition coefficient (Wildman–Crippen LogP) is 5.13. The van der Waals surface area contributed by atoms with Crippen molar-refractivity contribution in [2.45, 2.75) is 6.42 Å². The zero-order chi connectivity index (χ0) is 13.1. The molecule has 0 N–H and O–H groups in total. The largest absolute Gasteiger partial charge is 0.0970 e. The molecule has 0 aliphatic carbocycles. The zero-order valence-corrected chi connectivity index (χ0v) is 12.1. The van der Waals surface area contributed by atoms with Gasteiger partial charge in [-0.3, -0.25) is 0 Å². The lowest BCUT2D eigenvalue weighted by molar-refractivity contribution is 1.32. The molecule has 3 aromatic rings. The Morgan fingerprint density at radius 1 is 0.842 bits per heavy atom. The fraction of sp³-hybridized carbons (Fsp3) is 0.111. The number of benzene rings is 3. The Morgan fingerprint density at radius 3 is 2.00 bits per heavy atom. The van der Waals surface area contributed by atoms with E-state index < -0.39 is 0 Å². The molecule has 0 fully saturated rings. The van der Waals surface area contributed by atoms with Gasteiger partial charge in [0.05, 0.1) is 0 Å². The van der Waals surface area contributed by atoms with Crippen LogP contribution >= 0.6 is 15.9 Å². The van der Waals surface area contributed by atoms with Crippen molar-refractivity contribution < 1.29 is 0 Å². The lowest BCUT2D eigenvalue weighted by atomic mass is 9.97. The number of hydrogen-bond acceptors (Lipinski definition) is 0. The van der Waals surface area contributed by atoms with Gasteiger partial charge in [0.2, 0.25) is 0 Å². The molecule has 3 aromatic carbocycles. The molecular formula is C18H13Br. The van der Waals surface area contributed by atoms with Crippen molar-refractivity contribution in [2.75, 3.05) is 5.33 Å². The quantitative estimate of drug-likeness (QED) is 0.332. The SMILES string of the molecule is BrCCC#Cc1c2ccccc2cc2ccccc12. The highest BCUT2D eigenvalue weighted by Gasteiger charge is 2.04. The molecule has 0 spiro atoms. The Hall–Kier alpha value is -1.78. The molecule has 19 heavy (non-hydrogen) atoms. The molecule has 0 aliphatic heterocycles. The minimum Gasteiger partial charge on any atom is -0.0970 e. The van der Waals surface area contributed by atoms with E-state index in [1.54, 1.807) is 0 Å². The van der Waals surface area contributed by atoms with Crippen molar-refractivity contribution in [2.24, 2.45) is 0 Å². The third kappa shape index (κ3) is 2.37. The summed E-state index contributed by atoms with van der Waals surface area (Å²) in [6, 6.07) is 19.1. The monoisotopic (exact) mass is 308 g/mol. The molecule has 0 nitrogen and oxygen atoms in total. The van der Waals surface area contributed by atoms with Crippen molar-refractivity contribution in [3.05, 3.63) is 60.2 Å². The Balaban J connectivity index is 2.37. The third-order valence-electron chi connectivity index (χ3n) is 3.20. The van der Waals surface area contributed by atoms with Gasteiger partial charge in [-0.15, -0.1) is 0 Å². The van der Waals surface area contributed by atoms with Crippen LogP contribution in [-0.4, -0.2) is 5.33 Å². The van der Waals surface area contributed by atoms with Gasteiger partial charge in [-0.05, 0) is 27.6 Å². The maximum absolute atomic E-state index is 3.42. The molecule has 0 unspecified atom stereocenters. The van der Waals surface area contributed by atoms with E-state index in [-0.39, 0.29) is 0 Å². The molecule has 0 saturated heterocycles. The molecule has 0 amide bonds. The first-order chi connectivity index (χ1) is 9.40. The molecule has 0 aliphatic rings. The number of halogens is 1. The fourth-order valence-electron chi connectivity index (χ4n) is 2.35. The molecule has 0 saturated carbocycles. The summed E-state index contributed by atoms with van der Waals surface area (Å²) in [5, 5.41) is 5.91. The summed E-state index contributed by atoms with van der Waals surface area (Å²) < 4.78 is 0. The zero-order valence-electron chi connectivity index (χ0n) is 10.5. The Bertz CT molecular complexity index is 737. The average molecular weight is 309 g/mol. The molecule has 1 heteroatoms. The normalized spacial score (nSPS) is 10.4. The predicted molar refractivity (Wildman–Crippen MR) is 86.7 cm³/mol. The van der Waals surface area contributed by atoms with Crippen LogP contribution in [0.3, 0.4) is 0 Å². The van der Waals surface area contributed by atoms with E-state index in [0.29, 0.717) is 0 Å². The second-order valence-corrected chi connectivity index (χ2v) is 5.23. The molecule has 0 radical (unpaired) electrons. The highest BCUT2D eigenvalue weighted by atomic mass is 79.9. The van der Waals surface area contributed by atoms with Crippen LogP contribution in [0.15, 0.2) is 54.6 Å². The second kappa shape index (κ2) is 5.47. The van der Waals surface area contributed by atoms with Crippen LogP contribution in [0.5, 0.6) is 0 Å². The van der Waals surface area contributed by atoms with Gasteiger partial charge >= 0.3 is 0 Å². The summed E-state index contributed by atoms with van der Waals surface area (Å²) in [5.41, 5.74) is 1.15. The van der Waals surface area contributed by atoms with Crippen LogP contribution in [0.25, 0.3) is 21.5 Å². The van der Waals surface area contributed by atoms with Gasteiger partial charge in [0.1, 0.15) is 0 Å². The highest BCUT2D eigenvalue weighted by Crippen LogP contribution is 2.27. The van der Waals surface area contributed by atoms with Crippen LogP contribution in [0, 0.1) is 11.8 Å². The minimum absolute atomic E-state index is 0.873. The van der Waals surface area contributed by atoms with Gasteiger partial charge < -0.3 is 0 Å². The van der Waals surface area contributed by atoms with E-state index in [9.17, 15) is 0 Å². The van der Waals surface area contributed by atoms with Gasteiger partial charge in [0, 0.05) is 17.3 Å². The van der Waals surface area contributed by atoms with Crippen LogP contribution in [0.2, 0.25) is 0 Å². The van der Waals surface area contributed by atoms with Crippen molar-refractivity contribution in [3.8, 4) is 11.8 Å². The van der Waals surface area contributed by atoms with Gasteiger partial charge in [0.25, 0.3) is 0 Å². The summed E-state index contributed by atoms with van der Waals surface area (Å²) in [7, 11) is 0. The first-order valence-corrected chi connectivity index (χ1v) is 7.47. The Labute approximate surface area is 121 Å². The molecule has 92 valence electrons. The van der Waals surface area contributed by atoms with Crippen LogP contribution in [0.1, 0.15) is 12.0 Å². The Morgan fingerprint density at radius 2 is 1.42 bits per heavy atom. The molecule has 0 heterocycles. The topological polar surface area (TPSA) is 0 Å². The van der Waals surface area contributed by atoms with Crippen LogP contribution in [-0.2, 0) is 0 Å². The fourth-order valence-corrected chi connectivity index (χ4v) is 2.54. The molecule has 0 aromatic heterocycles. The summed E-state index contributed by atoms with van der Waals surface area (Å²) in [5.74, 6) is 6.59. The molecular weight excluding hydrogens is 296 g/mol. The first-order valence-electron chi connectivity index (χ1n) is 6.35. The van der Waals surface area contributed by atoms with Gasteiger partial charge in [-0.25, -0.2) is 0 Å². The standard InChI is InChI=1S/C18H13Br/c19-12-6-5-11-18-16-9-3-1-7-14(16)13-15-8-2-4-10-17(15)18/h1-4,7-10,13H,6,12H2. The maximum atomic E-state index is 3.42. The summed E-state index contributed by atoms with van der Waals surface area (Å²) >= 11 is 3.42. The average Bonchev–Trinajstić information content (AvgIpc) is 2.46. The maximum Gasteiger partial charge on any atom is 0.0402 e. The summed E-state index contributed by atoms with van der Waals surface area (Å²) in [4.78, 5) is 0. The van der Waals surface area contributed by atoms with Gasteiger partial charge in [-0.2, -0.15) is 0 Å². The number of alkyl halides is 1. The first kappa shape index (κ1) is 12.3. The van der Waals surface area contributed by atoms with Crippen molar-refractivity contribution in [1.29, 1.82) is 0 Å². The minimum atomic E-state index is 0.873. The summed E-state index contributed by atoms with van der Waals surface area (Å²) in [6.45, 7) is 0. The molecule has 0 atom stereocenters. The Kier molecular flexibility index (Phi) is 3.53. The smallest absolute Gasteiger partial charge is 0.0402 e. The van der Waals surface area contributed by atoms with E-state index >= 15 is 0 Å². The van der Waals surface area contributed by atoms with Gasteiger partial charge in [0.15, 0.2) is 0 Å². The van der Waals surface area contributed by atoms with E-state index in [1.165, 1.54) is 21.5 Å². The third-order valence-corrected chi connectivity index (χ3v) is 3.60. The van der Waals surface area contributed by atoms with Crippen molar-refractivity contribution >= 4 is 37.5 Å². The van der Waals surface area contributed by atoms with Crippen LogP contribution < -0.4 is 0 Å². The number of fused-ring (bicyclic) bond motifs is 2. The lowest BCUT2D eigenvalue weighted by Crippen LogP contribution is -1.84. The summed E-state index contributed by atoms with van der Waals surface area (Å²) in [6.07, 6.45) is 0.873. The van der Waals surface area contributed by atoms with E-state index in [2.05, 4.69) is 82.4 Å². The second-order valence-electron chi connectivity index (χ2n) is 4.43. The molecule has 0 bridgehead atoms. The van der Waals surface area contributed by atoms with E-state index in [0.717, 1.165) is 17.3 Å². The van der Waals surface area contributed by atoms with Gasteiger partial charge in [-0.1, -0.05) is 76.3 Å². The number of rotatable bonds is 1. The van der Waals surface area contributed by atoms with E-state index in [4.69, 9.17) is 0 Å². The van der Waals surface area contributed by atoms with Crippen molar-refractivity contribution in [3.63, 3.8) is 0 Å². The number of hydrogen-bond donors (Lipinski definition) is 0. The van der Waals surface area contributed by atoms with Crippen LogP contribution in [0.4, 0.5) is 0 Å².